The summed E-state index contributed by atoms with van der Waals surface area (Å²) in [6.45, 7) is 2.13. The summed E-state index contributed by atoms with van der Waals surface area (Å²) < 4.78 is 0. The molecule has 0 aliphatic rings. The van der Waals surface area contributed by atoms with Gasteiger partial charge in [-0.1, -0.05) is 38.3 Å². The van der Waals surface area contributed by atoms with Crippen molar-refractivity contribution in [1.82, 2.24) is 0 Å². The van der Waals surface area contributed by atoms with Crippen LogP contribution in [0.25, 0.3) is 0 Å². The number of carboxylic acids is 1. The molecule has 0 heterocycles. The molecule has 18 heavy (non-hydrogen) atoms. The Kier molecular flexibility index (Phi) is 8.80. The molecule has 102 valence electrons. The van der Waals surface area contributed by atoms with Crippen molar-refractivity contribution in [2.75, 3.05) is 0 Å². The van der Waals surface area contributed by atoms with Crippen LogP contribution >= 0.6 is 0 Å². The van der Waals surface area contributed by atoms with Crippen LogP contribution in [0.3, 0.4) is 0 Å². The molecule has 0 aliphatic carbocycles. The van der Waals surface area contributed by atoms with E-state index in [0.717, 1.165) is 25.7 Å². The number of aldehydes is 2. The topological polar surface area (TPSA) is 71.4 Å². The molecule has 0 aliphatic heterocycles. The number of aliphatic carboxylic acids is 1. The zero-order valence-electron chi connectivity index (χ0n) is 10.9. The van der Waals surface area contributed by atoms with Crippen molar-refractivity contribution in [3.8, 4) is 0 Å². The minimum Gasteiger partial charge on any atom is -0.481 e. The fraction of sp³-hybridized carbons (Fsp3) is 0.643. The third-order valence-corrected chi connectivity index (χ3v) is 2.85. The molecule has 4 nitrogen and oxygen atoms in total. The summed E-state index contributed by atoms with van der Waals surface area (Å²) in [5.41, 5.74) is -1.17. The Morgan fingerprint density at radius 3 is 2.44 bits per heavy atom. The van der Waals surface area contributed by atoms with Crippen LogP contribution in [0.5, 0.6) is 0 Å². The number of hydrogen-bond acceptors (Lipinski definition) is 3. The van der Waals surface area contributed by atoms with Gasteiger partial charge in [0.25, 0.3) is 0 Å². The number of unbranched alkanes of at least 4 members (excludes halogenated alkanes) is 4. The van der Waals surface area contributed by atoms with Crippen molar-refractivity contribution in [3.63, 3.8) is 0 Å². The second-order valence-corrected chi connectivity index (χ2v) is 4.54. The maximum Gasteiger partial charge on any atom is 0.304 e. The van der Waals surface area contributed by atoms with Crippen LogP contribution in [0.2, 0.25) is 0 Å². The summed E-state index contributed by atoms with van der Waals surface area (Å²) in [5.74, 6) is -1.07. The smallest absolute Gasteiger partial charge is 0.304 e. The van der Waals surface area contributed by atoms with E-state index in [0.29, 0.717) is 12.6 Å². The first-order valence-electron chi connectivity index (χ1n) is 6.39. The molecule has 0 spiro atoms. The highest BCUT2D eigenvalue weighted by atomic mass is 16.4. The maximum absolute atomic E-state index is 11.0. The second kappa shape index (κ2) is 9.57. The van der Waals surface area contributed by atoms with E-state index in [1.807, 2.05) is 6.08 Å². The van der Waals surface area contributed by atoms with Gasteiger partial charge in [-0.25, -0.2) is 0 Å². The number of rotatable bonds is 11. The van der Waals surface area contributed by atoms with Crippen molar-refractivity contribution in [2.24, 2.45) is 5.41 Å². The van der Waals surface area contributed by atoms with E-state index in [1.165, 1.54) is 6.42 Å². The Hall–Kier alpha value is -1.45. The molecule has 0 amide bonds. The van der Waals surface area contributed by atoms with E-state index >= 15 is 0 Å². The predicted octanol–water partition coefficient (Wildman–Crippen LogP) is 2.76. The highest BCUT2D eigenvalue weighted by Crippen LogP contribution is 2.25. The second-order valence-electron chi connectivity index (χ2n) is 4.54. The standard InChI is InChI=1S/C14H22O4/c1-2-3-4-5-6-7-8-14(12-16,9-10-15)11-13(17)18/h7-8,10,12H,2-6,9,11H2,1H3,(H,17,18). The van der Waals surface area contributed by atoms with Gasteiger partial charge in [0.1, 0.15) is 12.6 Å². The first-order chi connectivity index (χ1) is 8.60. The van der Waals surface area contributed by atoms with Gasteiger partial charge in [0.2, 0.25) is 0 Å². The molecule has 0 aromatic heterocycles. The summed E-state index contributed by atoms with van der Waals surface area (Å²) in [4.78, 5) is 32.3. The fourth-order valence-corrected chi connectivity index (χ4v) is 1.77. The molecule has 1 unspecified atom stereocenters. The number of hydrogen-bond donors (Lipinski definition) is 1. The zero-order chi connectivity index (χ0) is 13.9. The summed E-state index contributed by atoms with van der Waals surface area (Å²) in [6, 6.07) is 0. The van der Waals surface area contributed by atoms with Crippen LogP contribution in [0.15, 0.2) is 12.2 Å². The molecule has 0 bridgehead atoms. The average Bonchev–Trinajstić information content (AvgIpc) is 2.33. The summed E-state index contributed by atoms with van der Waals surface area (Å²) >= 11 is 0. The third kappa shape index (κ3) is 6.99. The van der Waals surface area contributed by atoms with E-state index < -0.39 is 11.4 Å². The van der Waals surface area contributed by atoms with Crippen molar-refractivity contribution in [3.05, 3.63) is 12.2 Å². The van der Waals surface area contributed by atoms with Gasteiger partial charge < -0.3 is 14.7 Å². The van der Waals surface area contributed by atoms with Gasteiger partial charge >= 0.3 is 5.97 Å². The van der Waals surface area contributed by atoms with E-state index in [9.17, 15) is 14.4 Å². The lowest BCUT2D eigenvalue weighted by molar-refractivity contribution is -0.141. The van der Waals surface area contributed by atoms with Crippen LogP contribution < -0.4 is 0 Å². The van der Waals surface area contributed by atoms with Gasteiger partial charge in [-0.3, -0.25) is 4.79 Å². The SMILES string of the molecule is CCCCCCC=CC(C=O)(CC=O)CC(=O)O. The van der Waals surface area contributed by atoms with Crippen LogP contribution in [-0.4, -0.2) is 23.6 Å². The average molecular weight is 254 g/mol. The largest absolute Gasteiger partial charge is 0.481 e. The molecule has 0 fully saturated rings. The van der Waals surface area contributed by atoms with Crippen molar-refractivity contribution >= 4 is 18.5 Å². The molecule has 0 saturated heterocycles. The maximum atomic E-state index is 11.0. The van der Waals surface area contributed by atoms with E-state index in [2.05, 4.69) is 6.92 Å². The van der Waals surface area contributed by atoms with Gasteiger partial charge in [-0.2, -0.15) is 0 Å². The van der Waals surface area contributed by atoms with Crippen molar-refractivity contribution in [1.29, 1.82) is 0 Å². The summed E-state index contributed by atoms with van der Waals surface area (Å²) in [6.07, 6.45) is 9.45. The highest BCUT2D eigenvalue weighted by Gasteiger charge is 2.29. The number of allylic oxidation sites excluding steroid dienone is 2. The van der Waals surface area contributed by atoms with E-state index in [-0.39, 0.29) is 12.8 Å². The number of carboxylic acid groups (broad SMARTS) is 1. The lowest BCUT2D eigenvalue weighted by atomic mass is 9.82. The van der Waals surface area contributed by atoms with E-state index in [1.54, 1.807) is 6.08 Å². The van der Waals surface area contributed by atoms with Gasteiger partial charge in [-0.15, -0.1) is 0 Å². The zero-order valence-corrected chi connectivity index (χ0v) is 10.9. The lowest BCUT2D eigenvalue weighted by Crippen LogP contribution is -2.24. The fourth-order valence-electron chi connectivity index (χ4n) is 1.77. The first kappa shape index (κ1) is 16.6. The Morgan fingerprint density at radius 2 is 1.94 bits per heavy atom. The summed E-state index contributed by atoms with van der Waals surface area (Å²) in [7, 11) is 0. The summed E-state index contributed by atoms with van der Waals surface area (Å²) in [5, 5.41) is 8.77. The molecule has 1 atom stereocenters. The lowest BCUT2D eigenvalue weighted by Gasteiger charge is -2.19. The van der Waals surface area contributed by atoms with E-state index in [4.69, 9.17) is 5.11 Å². The van der Waals surface area contributed by atoms with Crippen LogP contribution in [-0.2, 0) is 14.4 Å². The highest BCUT2D eigenvalue weighted by molar-refractivity contribution is 5.78. The van der Waals surface area contributed by atoms with Gasteiger partial charge in [0.05, 0.1) is 11.8 Å². The normalized spacial score (nSPS) is 14.3. The van der Waals surface area contributed by atoms with Crippen molar-refractivity contribution < 1.29 is 19.5 Å². The third-order valence-electron chi connectivity index (χ3n) is 2.85. The van der Waals surface area contributed by atoms with Crippen LogP contribution in [0.1, 0.15) is 51.9 Å². The minimum absolute atomic E-state index is 0.0751. The molecular weight excluding hydrogens is 232 g/mol. The molecule has 0 rings (SSSR count). The molecule has 0 aromatic rings. The Labute approximate surface area is 108 Å². The number of carbonyl (C=O) groups is 3. The molecule has 0 aromatic carbocycles. The molecule has 0 saturated carbocycles. The Morgan fingerprint density at radius 1 is 1.22 bits per heavy atom. The molecule has 1 N–H and O–H groups in total. The van der Waals surface area contributed by atoms with Crippen LogP contribution in [0, 0.1) is 5.41 Å². The molecule has 0 radical (unpaired) electrons. The predicted molar refractivity (Wildman–Crippen MR) is 69.3 cm³/mol. The molecule has 4 heteroatoms. The van der Waals surface area contributed by atoms with Gasteiger partial charge in [-0.05, 0) is 12.8 Å². The van der Waals surface area contributed by atoms with Gasteiger partial charge in [0.15, 0.2) is 0 Å². The monoisotopic (exact) mass is 254 g/mol. The Balaban J connectivity index is 4.37. The number of carbonyl (C=O) groups excluding carboxylic acids is 2. The van der Waals surface area contributed by atoms with Crippen molar-refractivity contribution in [2.45, 2.75) is 51.9 Å². The van der Waals surface area contributed by atoms with Gasteiger partial charge in [0, 0.05) is 6.42 Å². The minimum atomic E-state index is -1.17. The quantitative estimate of drug-likeness (QED) is 0.349. The molecular formula is C14H22O4. The first-order valence-corrected chi connectivity index (χ1v) is 6.39. The Bertz CT molecular complexity index is 296. The van der Waals surface area contributed by atoms with Crippen LogP contribution in [0.4, 0.5) is 0 Å².